The standard InChI is InChI=1S/C30H34N4O3S.C17H16N2O2S/c1-20-15-26(21(2)34(20)18-25-19-38-28(33-25)24-9-7-6-8-10-24)27(35)31-16-22-11-13-23(14-12-22)17-32-29(36)37-30(3,4)5;1-11-8-15(17(20)21)12(2)19(11)9-14-10-22-16(18-14)13-6-4-3-5-7-13/h6-15,19H,16-18H2,1-5H3,(H,31,35)(H,32,36);3-8,10H,9H2,1-2H3,(H,20,21). The Labute approximate surface area is 358 Å². The van der Waals surface area contributed by atoms with Gasteiger partial charge in [0.1, 0.15) is 15.6 Å². The van der Waals surface area contributed by atoms with Crippen LogP contribution in [0.1, 0.15) is 86.8 Å². The van der Waals surface area contributed by atoms with Crippen molar-refractivity contribution in [2.24, 2.45) is 0 Å². The zero-order valence-corrected chi connectivity index (χ0v) is 36.5. The van der Waals surface area contributed by atoms with E-state index in [-0.39, 0.29) is 5.91 Å². The monoisotopic (exact) mass is 842 g/mol. The van der Waals surface area contributed by atoms with Crippen molar-refractivity contribution in [3.8, 4) is 21.1 Å². The number of carboxylic acids is 1. The molecular weight excluding hydrogens is 793 g/mol. The number of carbonyl (C=O) groups excluding carboxylic acids is 2. The first kappa shape index (κ1) is 43.3. The summed E-state index contributed by atoms with van der Waals surface area (Å²) in [4.78, 5) is 45.5. The summed E-state index contributed by atoms with van der Waals surface area (Å²) in [6.07, 6.45) is -0.446. The third-order valence-corrected chi connectivity index (χ3v) is 11.6. The van der Waals surface area contributed by atoms with Crippen LogP contribution in [0.4, 0.5) is 4.79 Å². The summed E-state index contributed by atoms with van der Waals surface area (Å²) in [6.45, 7) is 15.2. The first-order chi connectivity index (χ1) is 28.6. The van der Waals surface area contributed by atoms with Gasteiger partial charge in [-0.3, -0.25) is 4.79 Å². The molecule has 7 aromatic rings. The van der Waals surface area contributed by atoms with Gasteiger partial charge in [-0.1, -0.05) is 84.9 Å². The van der Waals surface area contributed by atoms with E-state index in [1.54, 1.807) is 28.7 Å². The highest BCUT2D eigenvalue weighted by molar-refractivity contribution is 7.13. The van der Waals surface area contributed by atoms with Crippen LogP contribution in [0.5, 0.6) is 0 Å². The van der Waals surface area contributed by atoms with E-state index in [0.717, 1.165) is 66.4 Å². The van der Waals surface area contributed by atoms with Gasteiger partial charge in [-0.25, -0.2) is 19.6 Å². The lowest BCUT2D eigenvalue weighted by molar-refractivity contribution is 0.0522. The molecule has 4 heterocycles. The maximum Gasteiger partial charge on any atom is 0.407 e. The van der Waals surface area contributed by atoms with E-state index in [4.69, 9.17) is 9.72 Å². The van der Waals surface area contributed by atoms with E-state index in [0.29, 0.717) is 37.3 Å². The molecule has 3 N–H and O–H groups in total. The van der Waals surface area contributed by atoms with Gasteiger partial charge in [0.15, 0.2) is 0 Å². The Morgan fingerprint density at radius 1 is 0.650 bits per heavy atom. The minimum Gasteiger partial charge on any atom is -0.478 e. The number of aryl methyl sites for hydroxylation is 2. The largest absolute Gasteiger partial charge is 0.478 e. The van der Waals surface area contributed by atoms with Crippen LogP contribution in [-0.4, -0.2) is 47.8 Å². The Hall–Kier alpha value is -6.31. The van der Waals surface area contributed by atoms with Crippen LogP contribution in [0.2, 0.25) is 0 Å². The quantitative estimate of drug-likeness (QED) is 0.111. The molecule has 7 rings (SSSR count). The van der Waals surface area contributed by atoms with E-state index < -0.39 is 17.7 Å². The average molecular weight is 843 g/mol. The molecule has 4 aromatic heterocycles. The number of alkyl carbamates (subject to hydrolysis) is 1. The van der Waals surface area contributed by atoms with E-state index in [2.05, 4.69) is 37.7 Å². The number of aromatic carboxylic acids is 1. The van der Waals surface area contributed by atoms with Gasteiger partial charge in [0.25, 0.3) is 5.91 Å². The molecule has 0 aliphatic heterocycles. The molecule has 0 aliphatic carbocycles. The fraction of sp³-hybridized carbons (Fsp3) is 0.255. The minimum absolute atomic E-state index is 0.108. The number of thiazole rings is 2. The maximum atomic E-state index is 13.0. The van der Waals surface area contributed by atoms with Crippen LogP contribution in [0.15, 0.2) is 108 Å². The number of nitrogens with zero attached hydrogens (tertiary/aromatic N) is 4. The van der Waals surface area contributed by atoms with Crippen LogP contribution in [0, 0.1) is 27.7 Å². The second-order valence-corrected chi connectivity index (χ2v) is 17.1. The molecule has 11 nitrogen and oxygen atoms in total. The Balaban J connectivity index is 0.000000232. The number of benzene rings is 3. The predicted molar refractivity (Wildman–Crippen MR) is 239 cm³/mol. The summed E-state index contributed by atoms with van der Waals surface area (Å²) < 4.78 is 9.38. The van der Waals surface area contributed by atoms with Gasteiger partial charge >= 0.3 is 12.1 Å². The molecule has 0 aliphatic rings. The van der Waals surface area contributed by atoms with Crippen molar-refractivity contribution in [3.05, 3.63) is 164 Å². The van der Waals surface area contributed by atoms with E-state index in [1.165, 1.54) is 0 Å². The fourth-order valence-corrected chi connectivity index (χ4v) is 8.22. The Bertz CT molecular complexity index is 2560. The molecule has 310 valence electrons. The first-order valence-electron chi connectivity index (χ1n) is 19.5. The summed E-state index contributed by atoms with van der Waals surface area (Å²) in [5.74, 6) is -0.995. The molecule has 60 heavy (non-hydrogen) atoms. The number of aromatic nitrogens is 4. The van der Waals surface area contributed by atoms with E-state index in [9.17, 15) is 19.5 Å². The van der Waals surface area contributed by atoms with Crippen LogP contribution in [0.25, 0.3) is 21.1 Å². The van der Waals surface area contributed by atoms with Crippen LogP contribution in [-0.2, 0) is 30.9 Å². The summed E-state index contributed by atoms with van der Waals surface area (Å²) in [7, 11) is 0. The molecule has 0 spiro atoms. The van der Waals surface area contributed by atoms with Crippen molar-refractivity contribution in [2.45, 2.75) is 80.2 Å². The predicted octanol–water partition coefficient (Wildman–Crippen LogP) is 10.2. The summed E-state index contributed by atoms with van der Waals surface area (Å²) >= 11 is 3.24. The Morgan fingerprint density at radius 3 is 1.52 bits per heavy atom. The number of rotatable bonds is 12. The Morgan fingerprint density at radius 2 is 1.08 bits per heavy atom. The topological polar surface area (TPSA) is 140 Å². The van der Waals surface area contributed by atoms with Gasteiger partial charge in [0.05, 0.1) is 35.6 Å². The number of carbonyl (C=O) groups is 3. The SMILES string of the molecule is Cc1cc(C(=O)NCc2ccc(CNC(=O)OC(C)(C)C)cc2)c(C)n1Cc1csc(-c2ccccc2)n1.Cc1cc(C(=O)O)c(C)n1Cc1csc(-c2ccccc2)n1. The molecule has 0 fully saturated rings. The molecule has 13 heteroatoms. The molecule has 0 unspecified atom stereocenters. The maximum absolute atomic E-state index is 13.0. The molecule has 0 bridgehead atoms. The number of nitrogens with one attached hydrogen (secondary N) is 2. The molecule has 3 aromatic carbocycles. The van der Waals surface area contributed by atoms with Gasteiger partial charge in [0, 0.05) is 57.8 Å². The highest BCUT2D eigenvalue weighted by Crippen LogP contribution is 2.27. The van der Waals surface area contributed by atoms with Gasteiger partial charge in [-0.2, -0.15) is 0 Å². The molecule has 2 amide bonds. The molecule has 0 radical (unpaired) electrons. The van der Waals surface area contributed by atoms with Crippen molar-refractivity contribution < 1.29 is 24.2 Å². The molecule has 0 saturated heterocycles. The van der Waals surface area contributed by atoms with Gasteiger partial charge in [-0.05, 0) is 71.7 Å². The third-order valence-electron chi connectivity index (χ3n) is 9.72. The normalized spacial score (nSPS) is 11.1. The number of hydrogen-bond acceptors (Lipinski definition) is 8. The second kappa shape index (κ2) is 19.2. The number of ether oxygens (including phenoxy) is 1. The zero-order valence-electron chi connectivity index (χ0n) is 34.9. The molecule has 0 atom stereocenters. The van der Waals surface area contributed by atoms with Crippen molar-refractivity contribution in [3.63, 3.8) is 0 Å². The van der Waals surface area contributed by atoms with Gasteiger partial charge in [0.2, 0.25) is 0 Å². The summed E-state index contributed by atoms with van der Waals surface area (Å²) in [5, 5.41) is 21.1. The zero-order chi connectivity index (χ0) is 43.0. The van der Waals surface area contributed by atoms with Crippen molar-refractivity contribution in [1.82, 2.24) is 29.7 Å². The van der Waals surface area contributed by atoms with Crippen LogP contribution >= 0.6 is 22.7 Å². The van der Waals surface area contributed by atoms with Crippen molar-refractivity contribution >= 4 is 40.6 Å². The van der Waals surface area contributed by atoms with Gasteiger partial charge < -0.3 is 29.6 Å². The molecular formula is C47H50N6O5S2. The van der Waals surface area contributed by atoms with Crippen molar-refractivity contribution in [2.75, 3.05) is 0 Å². The first-order valence-corrected chi connectivity index (χ1v) is 21.3. The molecule has 0 saturated carbocycles. The van der Waals surface area contributed by atoms with E-state index >= 15 is 0 Å². The van der Waals surface area contributed by atoms with Crippen LogP contribution in [0.3, 0.4) is 0 Å². The lowest BCUT2D eigenvalue weighted by Gasteiger charge is -2.19. The lowest BCUT2D eigenvalue weighted by Crippen LogP contribution is -2.32. The smallest absolute Gasteiger partial charge is 0.407 e. The summed E-state index contributed by atoms with van der Waals surface area (Å²) in [5.41, 5.74) is 10.2. The second-order valence-electron chi connectivity index (χ2n) is 15.4. The fourth-order valence-electron chi connectivity index (χ4n) is 6.59. The third kappa shape index (κ3) is 11.2. The average Bonchev–Trinajstić information content (AvgIpc) is 4.02. The Kier molecular flexibility index (Phi) is 13.8. The number of amides is 2. The lowest BCUT2D eigenvalue weighted by atomic mass is 10.1. The van der Waals surface area contributed by atoms with E-state index in [1.807, 2.05) is 137 Å². The van der Waals surface area contributed by atoms with Gasteiger partial charge in [-0.15, -0.1) is 22.7 Å². The highest BCUT2D eigenvalue weighted by Gasteiger charge is 2.19. The van der Waals surface area contributed by atoms with Crippen molar-refractivity contribution in [1.29, 1.82) is 0 Å². The number of carboxylic acid groups (broad SMARTS) is 1. The highest BCUT2D eigenvalue weighted by atomic mass is 32.1. The summed E-state index contributed by atoms with van der Waals surface area (Å²) in [6, 6.07) is 31.6. The van der Waals surface area contributed by atoms with Crippen LogP contribution < -0.4 is 10.6 Å². The number of hydrogen-bond donors (Lipinski definition) is 3. The minimum atomic E-state index is -0.886.